The quantitative estimate of drug-likeness (QED) is 0.624. The standard InChI is InChI=1S/C13H16N2O4/c16-12(17)13(7-1-9-14-13)8-6-10-2-4-11(5-3-10)15(18)19/h2-5,14H,1,6-9H2,(H,16,17). The van der Waals surface area contributed by atoms with Gasteiger partial charge in [0, 0.05) is 12.1 Å². The van der Waals surface area contributed by atoms with Gasteiger partial charge in [0.1, 0.15) is 5.54 Å². The second-order valence-corrected chi connectivity index (χ2v) is 4.84. The molecule has 1 fully saturated rings. The molecule has 0 saturated carbocycles. The van der Waals surface area contributed by atoms with Crippen LogP contribution in [0.4, 0.5) is 5.69 Å². The van der Waals surface area contributed by atoms with Gasteiger partial charge in [-0.2, -0.15) is 0 Å². The molecule has 1 aromatic carbocycles. The molecule has 0 radical (unpaired) electrons. The number of nitrogens with zero attached hydrogens (tertiary/aromatic N) is 1. The Bertz CT molecular complexity index is 478. The third-order valence-electron chi connectivity index (χ3n) is 3.64. The fourth-order valence-corrected chi connectivity index (χ4v) is 2.45. The molecule has 0 aliphatic carbocycles. The van der Waals surface area contributed by atoms with E-state index in [0.717, 1.165) is 18.5 Å². The van der Waals surface area contributed by atoms with Crippen molar-refractivity contribution < 1.29 is 14.8 Å². The SMILES string of the molecule is O=C(O)C1(CCc2ccc([N+](=O)[O-])cc2)CCCN1. The Morgan fingerprint density at radius 2 is 2.11 bits per heavy atom. The van der Waals surface area contributed by atoms with E-state index in [1.807, 2.05) is 0 Å². The molecule has 0 bridgehead atoms. The van der Waals surface area contributed by atoms with Gasteiger partial charge in [0.15, 0.2) is 0 Å². The zero-order chi connectivity index (χ0) is 13.9. The van der Waals surface area contributed by atoms with E-state index in [1.54, 1.807) is 12.1 Å². The van der Waals surface area contributed by atoms with Gasteiger partial charge in [0.05, 0.1) is 4.92 Å². The van der Waals surface area contributed by atoms with Crippen LogP contribution in [0.1, 0.15) is 24.8 Å². The number of carboxylic acids is 1. The highest BCUT2D eigenvalue weighted by molar-refractivity contribution is 5.79. The Labute approximate surface area is 110 Å². The number of hydrogen-bond acceptors (Lipinski definition) is 4. The van der Waals surface area contributed by atoms with Gasteiger partial charge in [-0.05, 0) is 37.8 Å². The summed E-state index contributed by atoms with van der Waals surface area (Å²) in [5.41, 5.74) is 0.137. The van der Waals surface area contributed by atoms with E-state index >= 15 is 0 Å². The first-order chi connectivity index (χ1) is 9.03. The molecule has 102 valence electrons. The first-order valence-electron chi connectivity index (χ1n) is 6.25. The molecule has 1 heterocycles. The number of carbonyl (C=O) groups is 1. The van der Waals surface area contributed by atoms with Crippen LogP contribution in [-0.4, -0.2) is 28.1 Å². The topological polar surface area (TPSA) is 92.5 Å². The van der Waals surface area contributed by atoms with Crippen LogP contribution >= 0.6 is 0 Å². The largest absolute Gasteiger partial charge is 0.480 e. The normalized spacial score (nSPS) is 22.3. The lowest BCUT2D eigenvalue weighted by molar-refractivity contribution is -0.384. The number of non-ortho nitro benzene ring substituents is 1. The average Bonchev–Trinajstić information content (AvgIpc) is 2.87. The van der Waals surface area contributed by atoms with Crippen LogP contribution in [0.3, 0.4) is 0 Å². The summed E-state index contributed by atoms with van der Waals surface area (Å²) in [6.07, 6.45) is 2.60. The van der Waals surface area contributed by atoms with E-state index in [4.69, 9.17) is 0 Å². The predicted octanol–water partition coefficient (Wildman–Crippen LogP) is 1.73. The molecule has 1 atom stereocenters. The smallest absolute Gasteiger partial charge is 0.323 e. The molecular weight excluding hydrogens is 248 g/mol. The van der Waals surface area contributed by atoms with E-state index in [-0.39, 0.29) is 5.69 Å². The molecule has 1 unspecified atom stereocenters. The Kier molecular flexibility index (Phi) is 3.80. The lowest BCUT2D eigenvalue weighted by Gasteiger charge is -2.24. The van der Waals surface area contributed by atoms with Crippen LogP contribution in [0.25, 0.3) is 0 Å². The number of aryl methyl sites for hydroxylation is 1. The predicted molar refractivity (Wildman–Crippen MR) is 69.0 cm³/mol. The van der Waals surface area contributed by atoms with Crippen molar-refractivity contribution in [2.75, 3.05) is 6.54 Å². The van der Waals surface area contributed by atoms with Crippen molar-refractivity contribution in [1.29, 1.82) is 0 Å². The first kappa shape index (κ1) is 13.5. The Balaban J connectivity index is 2.01. The molecule has 1 aliphatic heterocycles. The van der Waals surface area contributed by atoms with Gasteiger partial charge in [-0.1, -0.05) is 12.1 Å². The minimum absolute atomic E-state index is 0.0516. The van der Waals surface area contributed by atoms with E-state index < -0.39 is 16.4 Å². The Hall–Kier alpha value is -1.95. The molecule has 0 amide bonds. The molecule has 6 heteroatoms. The number of aliphatic carboxylic acids is 1. The van der Waals surface area contributed by atoms with Gasteiger partial charge >= 0.3 is 5.97 Å². The minimum Gasteiger partial charge on any atom is -0.480 e. The summed E-state index contributed by atoms with van der Waals surface area (Å²) >= 11 is 0. The summed E-state index contributed by atoms with van der Waals surface area (Å²) in [6.45, 7) is 0.729. The van der Waals surface area contributed by atoms with Crippen molar-refractivity contribution in [2.45, 2.75) is 31.2 Å². The molecule has 6 nitrogen and oxygen atoms in total. The van der Waals surface area contributed by atoms with Crippen molar-refractivity contribution in [3.63, 3.8) is 0 Å². The van der Waals surface area contributed by atoms with E-state index in [0.29, 0.717) is 19.3 Å². The van der Waals surface area contributed by atoms with Gasteiger partial charge in [-0.25, -0.2) is 0 Å². The van der Waals surface area contributed by atoms with E-state index in [2.05, 4.69) is 5.32 Å². The Morgan fingerprint density at radius 3 is 2.58 bits per heavy atom. The summed E-state index contributed by atoms with van der Waals surface area (Å²) in [5, 5.41) is 22.9. The van der Waals surface area contributed by atoms with Crippen LogP contribution in [-0.2, 0) is 11.2 Å². The van der Waals surface area contributed by atoms with Gasteiger partial charge in [0.2, 0.25) is 0 Å². The molecule has 19 heavy (non-hydrogen) atoms. The maximum absolute atomic E-state index is 11.3. The fourth-order valence-electron chi connectivity index (χ4n) is 2.45. The maximum Gasteiger partial charge on any atom is 0.323 e. The number of carboxylic acid groups (broad SMARTS) is 1. The third kappa shape index (κ3) is 2.90. The second kappa shape index (κ2) is 5.36. The zero-order valence-electron chi connectivity index (χ0n) is 10.5. The summed E-state index contributed by atoms with van der Waals surface area (Å²) in [7, 11) is 0. The molecule has 1 saturated heterocycles. The van der Waals surface area contributed by atoms with Crippen molar-refractivity contribution in [3.8, 4) is 0 Å². The molecule has 1 aliphatic rings. The molecule has 2 N–H and O–H groups in total. The summed E-state index contributed by atoms with van der Waals surface area (Å²) < 4.78 is 0. The van der Waals surface area contributed by atoms with E-state index in [1.165, 1.54) is 12.1 Å². The number of nitrogens with one attached hydrogen (secondary N) is 1. The number of rotatable bonds is 5. The molecule has 0 aromatic heterocycles. The van der Waals surface area contributed by atoms with Crippen LogP contribution in [0.15, 0.2) is 24.3 Å². The van der Waals surface area contributed by atoms with Crippen molar-refractivity contribution >= 4 is 11.7 Å². The summed E-state index contributed by atoms with van der Waals surface area (Å²) in [5.74, 6) is -0.813. The summed E-state index contributed by atoms with van der Waals surface area (Å²) in [4.78, 5) is 21.4. The van der Waals surface area contributed by atoms with Gasteiger partial charge in [0.25, 0.3) is 5.69 Å². The number of hydrogen-bond donors (Lipinski definition) is 2. The second-order valence-electron chi connectivity index (χ2n) is 4.84. The highest BCUT2D eigenvalue weighted by Gasteiger charge is 2.40. The van der Waals surface area contributed by atoms with Crippen molar-refractivity contribution in [2.24, 2.45) is 0 Å². The molecule has 2 rings (SSSR count). The van der Waals surface area contributed by atoms with E-state index in [9.17, 15) is 20.0 Å². The third-order valence-corrected chi connectivity index (χ3v) is 3.64. The van der Waals surface area contributed by atoms with Gasteiger partial charge in [-0.15, -0.1) is 0 Å². The zero-order valence-corrected chi connectivity index (χ0v) is 10.5. The highest BCUT2D eigenvalue weighted by atomic mass is 16.6. The maximum atomic E-state index is 11.3. The monoisotopic (exact) mass is 264 g/mol. The fraction of sp³-hybridized carbons (Fsp3) is 0.462. The highest BCUT2D eigenvalue weighted by Crippen LogP contribution is 2.25. The average molecular weight is 264 g/mol. The number of nitro groups is 1. The van der Waals surface area contributed by atoms with Gasteiger partial charge in [-0.3, -0.25) is 14.9 Å². The van der Waals surface area contributed by atoms with Crippen molar-refractivity contribution in [1.82, 2.24) is 5.32 Å². The van der Waals surface area contributed by atoms with Crippen LogP contribution in [0, 0.1) is 10.1 Å². The molecule has 0 spiro atoms. The van der Waals surface area contributed by atoms with Crippen LogP contribution in [0.2, 0.25) is 0 Å². The number of nitro benzene ring substituents is 1. The number of benzene rings is 1. The molecular formula is C13H16N2O4. The Morgan fingerprint density at radius 1 is 1.42 bits per heavy atom. The van der Waals surface area contributed by atoms with Crippen molar-refractivity contribution in [3.05, 3.63) is 39.9 Å². The first-order valence-corrected chi connectivity index (χ1v) is 6.25. The minimum atomic E-state index is -0.832. The van der Waals surface area contributed by atoms with Crippen LogP contribution < -0.4 is 5.32 Å². The lowest BCUT2D eigenvalue weighted by Crippen LogP contribution is -2.47. The van der Waals surface area contributed by atoms with Gasteiger partial charge < -0.3 is 10.4 Å². The van der Waals surface area contributed by atoms with Crippen LogP contribution in [0.5, 0.6) is 0 Å². The molecule has 1 aromatic rings. The lowest BCUT2D eigenvalue weighted by atomic mass is 9.90. The summed E-state index contributed by atoms with van der Waals surface area (Å²) in [6, 6.07) is 6.26.